The molecular weight excluding hydrogens is 529 g/mol. The first-order valence-corrected chi connectivity index (χ1v) is 14.1. The van der Waals surface area contributed by atoms with Crippen LogP contribution in [0.25, 0.3) is 0 Å². The Morgan fingerprint density at radius 3 is 2.27 bits per heavy atom. The van der Waals surface area contributed by atoms with E-state index in [0.29, 0.717) is 24.5 Å². The van der Waals surface area contributed by atoms with Gasteiger partial charge in [0.05, 0.1) is 17.3 Å². The molecule has 0 saturated carbocycles. The fraction of sp³-hybridized carbons (Fsp3) is 0.208. The molecule has 0 bridgehead atoms. The van der Waals surface area contributed by atoms with Gasteiger partial charge in [-0.05, 0) is 54.4 Å². The van der Waals surface area contributed by atoms with Gasteiger partial charge in [-0.15, -0.1) is 0 Å². The molecule has 0 fully saturated rings. The number of pyridine rings is 1. The number of rotatable bonds is 8. The molecule has 196 valence electrons. The third-order valence-corrected chi connectivity index (χ3v) is 8.34. The molecule has 0 radical (unpaired) electrons. The quantitative estimate of drug-likeness (QED) is 0.441. The van der Waals surface area contributed by atoms with Crippen molar-refractivity contribution < 1.29 is 30.0 Å². The van der Waals surface area contributed by atoms with Crippen LogP contribution < -0.4 is 9.62 Å². The minimum Gasteiger partial charge on any atom is -0.351 e. The number of alkyl halides is 3. The van der Waals surface area contributed by atoms with Crippen LogP contribution >= 0.6 is 0 Å². The van der Waals surface area contributed by atoms with Crippen LogP contribution in [0.3, 0.4) is 0 Å². The Bertz CT molecular complexity index is 1510. The van der Waals surface area contributed by atoms with E-state index in [1.165, 1.54) is 18.3 Å². The molecule has 0 atom stereocenters. The standard InChI is InChI=1S/C24H23F3N4O4S2/c1-18-14-31(21-7-9-22(10-8-21)37(34,35)24(25,26)27)17-30(18)15-20-11-12-28-23(13-20)29-36(32,33)16-19-5-3-2-4-6-19/h2-14H,15-17H2,1H3,(H,28,29). The van der Waals surface area contributed by atoms with Gasteiger partial charge in [-0.3, -0.25) is 4.72 Å². The first kappa shape index (κ1) is 26.5. The predicted molar refractivity (Wildman–Crippen MR) is 133 cm³/mol. The average molecular weight is 553 g/mol. The highest BCUT2D eigenvalue weighted by molar-refractivity contribution is 7.92. The second kappa shape index (κ2) is 10.1. The van der Waals surface area contributed by atoms with Gasteiger partial charge in [0.2, 0.25) is 10.0 Å². The molecule has 2 heterocycles. The minimum atomic E-state index is -5.41. The van der Waals surface area contributed by atoms with Gasteiger partial charge in [-0.25, -0.2) is 21.8 Å². The summed E-state index contributed by atoms with van der Waals surface area (Å²) in [7, 11) is -9.08. The average Bonchev–Trinajstić information content (AvgIpc) is 3.18. The van der Waals surface area contributed by atoms with Gasteiger partial charge in [-0.2, -0.15) is 13.2 Å². The van der Waals surface area contributed by atoms with Gasteiger partial charge in [0, 0.05) is 30.3 Å². The summed E-state index contributed by atoms with van der Waals surface area (Å²) in [5.41, 5.74) is -2.56. The number of anilines is 2. The van der Waals surface area contributed by atoms with Crippen molar-refractivity contribution in [3.8, 4) is 0 Å². The van der Waals surface area contributed by atoms with Crippen molar-refractivity contribution in [3.05, 3.63) is 96.0 Å². The summed E-state index contributed by atoms with van der Waals surface area (Å²) in [5.74, 6) is -0.00118. The Morgan fingerprint density at radius 2 is 1.62 bits per heavy atom. The van der Waals surface area contributed by atoms with E-state index in [9.17, 15) is 30.0 Å². The molecule has 8 nitrogen and oxygen atoms in total. The number of sulfonamides is 1. The molecular formula is C24H23F3N4O4S2. The summed E-state index contributed by atoms with van der Waals surface area (Å²) in [4.78, 5) is 7.02. The van der Waals surface area contributed by atoms with E-state index in [-0.39, 0.29) is 11.6 Å². The van der Waals surface area contributed by atoms with Crippen LogP contribution in [0.4, 0.5) is 24.7 Å². The van der Waals surface area contributed by atoms with Crippen molar-refractivity contribution in [2.75, 3.05) is 16.3 Å². The second-order valence-electron chi connectivity index (χ2n) is 8.42. The number of aromatic nitrogens is 1. The predicted octanol–water partition coefficient (Wildman–Crippen LogP) is 4.46. The first-order valence-electron chi connectivity index (χ1n) is 10.9. The van der Waals surface area contributed by atoms with Crippen molar-refractivity contribution in [1.29, 1.82) is 0 Å². The molecule has 1 N–H and O–H groups in total. The van der Waals surface area contributed by atoms with E-state index in [2.05, 4.69) is 9.71 Å². The maximum atomic E-state index is 12.8. The summed E-state index contributed by atoms with van der Waals surface area (Å²) in [6, 6.07) is 16.7. The number of halogens is 3. The molecule has 1 aliphatic rings. The summed E-state index contributed by atoms with van der Waals surface area (Å²) < 4.78 is 89.1. The van der Waals surface area contributed by atoms with E-state index in [1.54, 1.807) is 53.6 Å². The second-order valence-corrected chi connectivity index (χ2v) is 12.1. The molecule has 0 saturated heterocycles. The summed E-state index contributed by atoms with van der Waals surface area (Å²) in [6.45, 7) is 2.62. The summed E-state index contributed by atoms with van der Waals surface area (Å²) in [6.07, 6.45) is 3.29. The lowest BCUT2D eigenvalue weighted by molar-refractivity contribution is -0.0436. The molecule has 0 aliphatic carbocycles. The molecule has 2 aromatic carbocycles. The number of allylic oxidation sites excluding steroid dienone is 1. The monoisotopic (exact) mass is 552 g/mol. The van der Waals surface area contributed by atoms with E-state index in [4.69, 9.17) is 0 Å². The third kappa shape index (κ3) is 6.23. The number of sulfone groups is 1. The van der Waals surface area contributed by atoms with Gasteiger partial charge in [0.25, 0.3) is 9.84 Å². The molecule has 0 amide bonds. The molecule has 13 heteroatoms. The molecule has 1 aromatic heterocycles. The van der Waals surface area contributed by atoms with Gasteiger partial charge >= 0.3 is 5.51 Å². The maximum absolute atomic E-state index is 12.8. The largest absolute Gasteiger partial charge is 0.501 e. The van der Waals surface area contributed by atoms with Crippen molar-refractivity contribution >= 4 is 31.4 Å². The van der Waals surface area contributed by atoms with Gasteiger partial charge in [-0.1, -0.05) is 30.3 Å². The van der Waals surface area contributed by atoms with Crippen LogP contribution in [0.5, 0.6) is 0 Å². The lowest BCUT2D eigenvalue weighted by Crippen LogP contribution is -2.26. The Balaban J connectivity index is 1.42. The van der Waals surface area contributed by atoms with Gasteiger partial charge in [0.15, 0.2) is 0 Å². The summed E-state index contributed by atoms with van der Waals surface area (Å²) >= 11 is 0. The van der Waals surface area contributed by atoms with Gasteiger partial charge < -0.3 is 9.80 Å². The zero-order valence-electron chi connectivity index (χ0n) is 19.6. The van der Waals surface area contributed by atoms with E-state index in [0.717, 1.165) is 23.4 Å². The van der Waals surface area contributed by atoms with E-state index < -0.39 is 30.3 Å². The molecule has 0 spiro atoms. The van der Waals surface area contributed by atoms with Crippen LogP contribution in [0.1, 0.15) is 18.1 Å². The molecule has 0 unspecified atom stereocenters. The van der Waals surface area contributed by atoms with Crippen molar-refractivity contribution in [2.24, 2.45) is 0 Å². The SMILES string of the molecule is CC1=CN(c2ccc(S(=O)(=O)C(F)(F)F)cc2)CN1Cc1ccnc(NS(=O)(=O)Cc2ccccc2)c1. The van der Waals surface area contributed by atoms with Crippen LogP contribution in [-0.4, -0.2) is 38.9 Å². The van der Waals surface area contributed by atoms with Gasteiger partial charge in [0.1, 0.15) is 5.82 Å². The lowest BCUT2D eigenvalue weighted by Gasteiger charge is -2.23. The molecule has 4 rings (SSSR count). The normalized spacial score (nSPS) is 14.5. The number of benzene rings is 2. The van der Waals surface area contributed by atoms with E-state index in [1.807, 2.05) is 11.8 Å². The zero-order valence-corrected chi connectivity index (χ0v) is 21.2. The van der Waals surface area contributed by atoms with Crippen LogP contribution in [0.2, 0.25) is 0 Å². The Labute approximate surface area is 213 Å². The third-order valence-electron chi connectivity index (χ3n) is 5.61. The zero-order chi connectivity index (χ0) is 26.8. The number of nitrogens with zero attached hydrogens (tertiary/aromatic N) is 3. The first-order chi connectivity index (χ1) is 17.3. The minimum absolute atomic E-state index is 0.188. The van der Waals surface area contributed by atoms with Crippen LogP contribution in [0, 0.1) is 0 Å². The van der Waals surface area contributed by atoms with Crippen LogP contribution in [-0.2, 0) is 32.2 Å². The Kier molecular flexibility index (Phi) is 7.20. The molecule has 3 aromatic rings. The summed E-state index contributed by atoms with van der Waals surface area (Å²) in [5, 5.41) is 0. The highest BCUT2D eigenvalue weighted by atomic mass is 32.2. The Morgan fingerprint density at radius 1 is 0.946 bits per heavy atom. The topological polar surface area (TPSA) is 99.7 Å². The molecule has 37 heavy (non-hydrogen) atoms. The number of nitrogens with one attached hydrogen (secondary N) is 1. The number of hydrogen-bond donors (Lipinski definition) is 1. The maximum Gasteiger partial charge on any atom is 0.501 e. The van der Waals surface area contributed by atoms with Crippen molar-refractivity contribution in [1.82, 2.24) is 9.88 Å². The fourth-order valence-electron chi connectivity index (χ4n) is 3.76. The number of hydrogen-bond acceptors (Lipinski definition) is 7. The van der Waals surface area contributed by atoms with Crippen molar-refractivity contribution in [2.45, 2.75) is 29.6 Å². The van der Waals surface area contributed by atoms with E-state index >= 15 is 0 Å². The highest BCUT2D eigenvalue weighted by Gasteiger charge is 2.46. The smallest absolute Gasteiger partial charge is 0.351 e. The van der Waals surface area contributed by atoms with Crippen LogP contribution in [0.15, 0.2) is 89.7 Å². The highest BCUT2D eigenvalue weighted by Crippen LogP contribution is 2.32. The fourth-order valence-corrected chi connectivity index (χ4v) is 5.66. The lowest BCUT2D eigenvalue weighted by atomic mass is 10.2. The molecule has 1 aliphatic heterocycles. The van der Waals surface area contributed by atoms with Crippen molar-refractivity contribution in [3.63, 3.8) is 0 Å². The Hall–Kier alpha value is -3.58.